The lowest BCUT2D eigenvalue weighted by molar-refractivity contribution is 0.0933. The molecule has 0 unspecified atom stereocenters. The highest BCUT2D eigenvalue weighted by Gasteiger charge is 2.07. The molecule has 0 radical (unpaired) electrons. The third kappa shape index (κ3) is 3.81. The standard InChI is InChI=1S/C13H12N4O2/c18-12(11-8-4-5-9-14-11)16-17-13(19)15-10-6-2-1-3-7-10/h1-9H,(H,16,18)(H2,15,17,19). The molecular formula is C13H12N4O2. The molecular weight excluding hydrogens is 244 g/mol. The van der Waals surface area contributed by atoms with Crippen LogP contribution in [0.25, 0.3) is 0 Å². The van der Waals surface area contributed by atoms with Crippen LogP contribution in [0.4, 0.5) is 10.5 Å². The number of carbonyl (C=O) groups excluding carboxylic acids is 2. The SMILES string of the molecule is O=C(NNC(=O)c1ccccn1)Nc1ccccc1. The van der Waals surface area contributed by atoms with Crippen molar-refractivity contribution in [3.8, 4) is 0 Å². The maximum Gasteiger partial charge on any atom is 0.337 e. The number of nitrogens with zero attached hydrogens (tertiary/aromatic N) is 1. The number of para-hydroxylation sites is 1. The molecule has 0 atom stereocenters. The zero-order chi connectivity index (χ0) is 13.5. The number of anilines is 1. The van der Waals surface area contributed by atoms with Gasteiger partial charge in [-0.2, -0.15) is 0 Å². The van der Waals surface area contributed by atoms with Gasteiger partial charge in [0.2, 0.25) is 0 Å². The van der Waals surface area contributed by atoms with Crippen LogP contribution in [0.5, 0.6) is 0 Å². The van der Waals surface area contributed by atoms with Gasteiger partial charge in [0.25, 0.3) is 5.91 Å². The molecule has 2 rings (SSSR count). The Labute approximate surface area is 109 Å². The first kappa shape index (κ1) is 12.6. The van der Waals surface area contributed by atoms with E-state index < -0.39 is 11.9 Å². The third-order valence-electron chi connectivity index (χ3n) is 2.22. The van der Waals surface area contributed by atoms with Crippen LogP contribution in [0.2, 0.25) is 0 Å². The Kier molecular flexibility index (Phi) is 4.07. The fourth-order valence-electron chi connectivity index (χ4n) is 1.36. The van der Waals surface area contributed by atoms with Gasteiger partial charge in [-0.1, -0.05) is 24.3 Å². The molecule has 0 bridgehead atoms. The lowest BCUT2D eigenvalue weighted by Gasteiger charge is -2.08. The zero-order valence-electron chi connectivity index (χ0n) is 9.96. The van der Waals surface area contributed by atoms with Crippen LogP contribution in [0.15, 0.2) is 54.7 Å². The molecule has 1 heterocycles. The first-order valence-corrected chi connectivity index (χ1v) is 5.59. The Morgan fingerprint density at radius 1 is 0.895 bits per heavy atom. The summed E-state index contributed by atoms with van der Waals surface area (Å²) in [5.74, 6) is -0.483. The van der Waals surface area contributed by atoms with Gasteiger partial charge in [-0.15, -0.1) is 0 Å². The highest BCUT2D eigenvalue weighted by Crippen LogP contribution is 2.03. The molecule has 0 fully saturated rings. The lowest BCUT2D eigenvalue weighted by atomic mass is 10.3. The Hall–Kier alpha value is -2.89. The minimum atomic E-state index is -0.532. The molecule has 0 saturated heterocycles. The predicted octanol–water partition coefficient (Wildman–Crippen LogP) is 1.55. The second-order valence-electron chi connectivity index (χ2n) is 3.61. The van der Waals surface area contributed by atoms with Crippen molar-refractivity contribution in [2.75, 3.05) is 5.32 Å². The molecule has 6 nitrogen and oxygen atoms in total. The Morgan fingerprint density at radius 3 is 2.32 bits per heavy atom. The number of rotatable bonds is 2. The van der Waals surface area contributed by atoms with Crippen LogP contribution in [0.3, 0.4) is 0 Å². The van der Waals surface area contributed by atoms with E-state index in [0.717, 1.165) is 0 Å². The molecule has 1 aromatic heterocycles. The largest absolute Gasteiger partial charge is 0.337 e. The maximum atomic E-state index is 11.6. The van der Waals surface area contributed by atoms with Crippen molar-refractivity contribution >= 4 is 17.6 Å². The van der Waals surface area contributed by atoms with Crippen LogP contribution in [-0.2, 0) is 0 Å². The van der Waals surface area contributed by atoms with Gasteiger partial charge in [0.05, 0.1) is 0 Å². The summed E-state index contributed by atoms with van der Waals surface area (Å²) in [6.07, 6.45) is 1.50. The fraction of sp³-hybridized carbons (Fsp3) is 0. The lowest BCUT2D eigenvalue weighted by Crippen LogP contribution is -2.44. The highest BCUT2D eigenvalue weighted by molar-refractivity contribution is 5.95. The molecule has 0 saturated carbocycles. The van der Waals surface area contributed by atoms with Gasteiger partial charge in [0.1, 0.15) is 5.69 Å². The first-order valence-electron chi connectivity index (χ1n) is 5.59. The second kappa shape index (κ2) is 6.15. The van der Waals surface area contributed by atoms with E-state index in [9.17, 15) is 9.59 Å². The zero-order valence-corrected chi connectivity index (χ0v) is 9.96. The van der Waals surface area contributed by atoms with Crippen LogP contribution < -0.4 is 16.2 Å². The number of benzene rings is 1. The van der Waals surface area contributed by atoms with Gasteiger partial charge < -0.3 is 5.32 Å². The number of carbonyl (C=O) groups is 2. The van der Waals surface area contributed by atoms with E-state index in [1.807, 2.05) is 6.07 Å². The normalized spacial score (nSPS) is 9.47. The summed E-state index contributed by atoms with van der Waals surface area (Å²) in [4.78, 5) is 26.9. The fourth-order valence-corrected chi connectivity index (χ4v) is 1.36. The highest BCUT2D eigenvalue weighted by atomic mass is 16.2. The quantitative estimate of drug-likeness (QED) is 0.713. The molecule has 3 amide bonds. The van der Waals surface area contributed by atoms with Crippen LogP contribution >= 0.6 is 0 Å². The van der Waals surface area contributed by atoms with Crippen molar-refractivity contribution < 1.29 is 9.59 Å². The molecule has 96 valence electrons. The van der Waals surface area contributed by atoms with E-state index in [4.69, 9.17) is 0 Å². The molecule has 0 aliphatic rings. The van der Waals surface area contributed by atoms with Gasteiger partial charge in [0, 0.05) is 11.9 Å². The van der Waals surface area contributed by atoms with Crippen LogP contribution in [0.1, 0.15) is 10.5 Å². The van der Waals surface area contributed by atoms with E-state index in [-0.39, 0.29) is 5.69 Å². The van der Waals surface area contributed by atoms with Crippen molar-refractivity contribution in [2.24, 2.45) is 0 Å². The number of pyridine rings is 1. The Morgan fingerprint density at radius 2 is 1.63 bits per heavy atom. The van der Waals surface area contributed by atoms with Crippen molar-refractivity contribution in [2.45, 2.75) is 0 Å². The second-order valence-corrected chi connectivity index (χ2v) is 3.61. The van der Waals surface area contributed by atoms with Crippen molar-refractivity contribution in [3.63, 3.8) is 0 Å². The number of hydrogen-bond acceptors (Lipinski definition) is 3. The summed E-state index contributed by atoms with van der Waals surface area (Å²) in [5.41, 5.74) is 5.35. The summed E-state index contributed by atoms with van der Waals surface area (Å²) in [6, 6.07) is 13.3. The molecule has 3 N–H and O–H groups in total. The summed E-state index contributed by atoms with van der Waals surface area (Å²) in [5, 5.41) is 2.56. The van der Waals surface area contributed by atoms with Gasteiger partial charge in [-0.3, -0.25) is 15.2 Å². The summed E-state index contributed by atoms with van der Waals surface area (Å²) >= 11 is 0. The number of hydrogen-bond donors (Lipinski definition) is 3. The molecule has 0 aliphatic carbocycles. The van der Waals surface area contributed by atoms with Gasteiger partial charge in [0.15, 0.2) is 0 Å². The monoisotopic (exact) mass is 256 g/mol. The molecule has 1 aromatic carbocycles. The molecule has 6 heteroatoms. The van der Waals surface area contributed by atoms with E-state index in [1.54, 1.807) is 42.5 Å². The van der Waals surface area contributed by atoms with Crippen LogP contribution in [-0.4, -0.2) is 16.9 Å². The number of hydrazine groups is 1. The molecule has 0 spiro atoms. The van der Waals surface area contributed by atoms with Crippen LogP contribution in [0, 0.1) is 0 Å². The molecule has 0 aliphatic heterocycles. The number of nitrogens with one attached hydrogen (secondary N) is 3. The number of aromatic nitrogens is 1. The first-order chi connectivity index (χ1) is 9.25. The van der Waals surface area contributed by atoms with Crippen molar-refractivity contribution in [3.05, 3.63) is 60.4 Å². The average molecular weight is 256 g/mol. The Balaban J connectivity index is 1.83. The predicted molar refractivity (Wildman–Crippen MR) is 70.3 cm³/mol. The van der Waals surface area contributed by atoms with Gasteiger partial charge in [-0.25, -0.2) is 10.2 Å². The smallest absolute Gasteiger partial charge is 0.307 e. The average Bonchev–Trinajstić information content (AvgIpc) is 2.47. The summed E-state index contributed by atoms with van der Waals surface area (Å²) in [6.45, 7) is 0. The topological polar surface area (TPSA) is 83.1 Å². The van der Waals surface area contributed by atoms with Crippen molar-refractivity contribution in [1.82, 2.24) is 15.8 Å². The van der Waals surface area contributed by atoms with E-state index in [1.165, 1.54) is 6.20 Å². The maximum absolute atomic E-state index is 11.6. The number of urea groups is 1. The molecule has 2 aromatic rings. The Bertz CT molecular complexity index is 557. The third-order valence-corrected chi connectivity index (χ3v) is 2.22. The van der Waals surface area contributed by atoms with E-state index in [0.29, 0.717) is 5.69 Å². The minimum absolute atomic E-state index is 0.225. The summed E-state index contributed by atoms with van der Waals surface area (Å²) < 4.78 is 0. The minimum Gasteiger partial charge on any atom is -0.307 e. The van der Waals surface area contributed by atoms with E-state index in [2.05, 4.69) is 21.2 Å². The van der Waals surface area contributed by atoms with Crippen molar-refractivity contribution in [1.29, 1.82) is 0 Å². The summed E-state index contributed by atoms with van der Waals surface area (Å²) in [7, 11) is 0. The van der Waals surface area contributed by atoms with E-state index >= 15 is 0 Å². The molecule has 19 heavy (non-hydrogen) atoms. The van der Waals surface area contributed by atoms with Gasteiger partial charge in [-0.05, 0) is 24.3 Å². The number of amides is 3. The van der Waals surface area contributed by atoms with Gasteiger partial charge >= 0.3 is 6.03 Å².